The van der Waals surface area contributed by atoms with E-state index >= 15 is 0 Å². The van der Waals surface area contributed by atoms with E-state index in [-0.39, 0.29) is 0 Å². The highest BCUT2D eigenvalue weighted by atomic mass is 14.3. The van der Waals surface area contributed by atoms with Gasteiger partial charge in [0.1, 0.15) is 0 Å². The lowest BCUT2D eigenvalue weighted by molar-refractivity contribution is 0.312. The van der Waals surface area contributed by atoms with Crippen LogP contribution in [-0.4, -0.2) is 0 Å². The molecule has 176 valence electrons. The minimum Gasteiger partial charge on any atom is -0.0917 e. The van der Waals surface area contributed by atoms with Crippen LogP contribution in [0.1, 0.15) is 92.0 Å². The lowest BCUT2D eigenvalue weighted by Crippen LogP contribution is -2.13. The third-order valence-electron chi connectivity index (χ3n) is 7.59. The van der Waals surface area contributed by atoms with Crippen LogP contribution in [0.15, 0.2) is 91.0 Å². The predicted molar refractivity (Wildman–Crippen MR) is 149 cm³/mol. The maximum absolute atomic E-state index is 2.36. The van der Waals surface area contributed by atoms with Crippen LogP contribution in [0.3, 0.4) is 0 Å². The largest absolute Gasteiger partial charge is 0.0917 e. The molecule has 0 spiro atoms. The van der Waals surface area contributed by atoms with Crippen molar-refractivity contribution < 1.29 is 0 Å². The van der Waals surface area contributed by atoms with Gasteiger partial charge in [-0.1, -0.05) is 110 Å². The van der Waals surface area contributed by atoms with Crippen LogP contribution in [-0.2, 0) is 6.42 Å². The first kappa shape index (κ1) is 24.3. The van der Waals surface area contributed by atoms with Crippen molar-refractivity contribution in [1.29, 1.82) is 0 Å². The van der Waals surface area contributed by atoms with Gasteiger partial charge >= 0.3 is 0 Å². The van der Waals surface area contributed by atoms with E-state index in [4.69, 9.17) is 0 Å². The lowest BCUT2D eigenvalue weighted by atomic mass is 9.77. The van der Waals surface area contributed by atoms with Gasteiger partial charge in [-0.2, -0.15) is 0 Å². The van der Waals surface area contributed by atoms with Crippen LogP contribution in [0, 0.1) is 5.92 Å². The fraction of sp³-hybridized carbons (Fsp3) is 0.353. The fourth-order valence-electron chi connectivity index (χ4n) is 5.37. The molecule has 34 heavy (non-hydrogen) atoms. The summed E-state index contributed by atoms with van der Waals surface area (Å²) in [6.07, 6.45) is 18.2. The van der Waals surface area contributed by atoms with Gasteiger partial charge in [0, 0.05) is 0 Å². The average molecular weight is 449 g/mol. The summed E-state index contributed by atoms with van der Waals surface area (Å²) in [5.41, 5.74) is 6.88. The van der Waals surface area contributed by atoms with Crippen molar-refractivity contribution in [2.24, 2.45) is 5.92 Å². The Labute approximate surface area is 207 Å². The van der Waals surface area contributed by atoms with E-state index in [0.717, 1.165) is 18.3 Å². The normalized spacial score (nSPS) is 19.6. The van der Waals surface area contributed by atoms with Gasteiger partial charge in [0.2, 0.25) is 0 Å². The molecule has 1 fully saturated rings. The van der Waals surface area contributed by atoms with Crippen molar-refractivity contribution in [1.82, 2.24) is 0 Å². The smallest absolute Gasteiger partial charge is 0.0150 e. The second-order valence-electron chi connectivity index (χ2n) is 10.1. The fourth-order valence-corrected chi connectivity index (χ4v) is 5.37. The Morgan fingerprint density at radius 3 is 2.00 bits per heavy atom. The molecule has 0 aliphatic heterocycles. The van der Waals surface area contributed by atoms with Crippen LogP contribution >= 0.6 is 0 Å². The third kappa shape index (κ3) is 7.07. The first-order valence-corrected chi connectivity index (χ1v) is 13.2. The van der Waals surface area contributed by atoms with Crippen molar-refractivity contribution in [3.8, 4) is 0 Å². The van der Waals surface area contributed by atoms with E-state index in [1.54, 1.807) is 0 Å². The van der Waals surface area contributed by atoms with Gasteiger partial charge in [-0.15, -0.1) is 0 Å². The van der Waals surface area contributed by atoms with Gasteiger partial charge in [-0.25, -0.2) is 0 Å². The van der Waals surface area contributed by atoms with E-state index < -0.39 is 0 Å². The number of hydrogen-bond acceptors (Lipinski definition) is 0. The standard InChI is InChI=1S/C34H40/c1-3-4-6-9-28-18-22-33(23-19-28)34-24-20-30(21-25-34)13-12-29-14-16-31(17-15-29)26-27(2)32-10-7-5-8-11-32/h3-5,7-8,10-17,20-21,24-25,27-28,33H,6,9,18-19,22-23,26H2,1-2H3/t27-,28?,33?/m0/s1. The zero-order chi connectivity index (χ0) is 23.6. The molecule has 1 atom stereocenters. The molecule has 0 N–H and O–H groups in total. The molecule has 1 aliphatic carbocycles. The molecule has 1 saturated carbocycles. The summed E-state index contributed by atoms with van der Waals surface area (Å²) in [7, 11) is 0. The van der Waals surface area contributed by atoms with Crippen molar-refractivity contribution >= 4 is 12.2 Å². The van der Waals surface area contributed by atoms with Gasteiger partial charge in [0.15, 0.2) is 0 Å². The third-order valence-corrected chi connectivity index (χ3v) is 7.59. The van der Waals surface area contributed by atoms with Crippen LogP contribution in [0.25, 0.3) is 12.2 Å². The van der Waals surface area contributed by atoms with Crippen molar-refractivity contribution in [3.05, 3.63) is 119 Å². The van der Waals surface area contributed by atoms with Gasteiger partial charge in [-0.3, -0.25) is 0 Å². The molecule has 0 amide bonds. The predicted octanol–water partition coefficient (Wildman–Crippen LogP) is 9.83. The molecule has 0 unspecified atom stereocenters. The Morgan fingerprint density at radius 2 is 1.38 bits per heavy atom. The highest BCUT2D eigenvalue weighted by Gasteiger charge is 2.21. The highest BCUT2D eigenvalue weighted by molar-refractivity contribution is 5.69. The van der Waals surface area contributed by atoms with Crippen molar-refractivity contribution in [2.45, 2.75) is 70.6 Å². The van der Waals surface area contributed by atoms with Crippen LogP contribution < -0.4 is 0 Å². The maximum atomic E-state index is 2.36. The van der Waals surface area contributed by atoms with E-state index in [2.05, 4.69) is 117 Å². The van der Waals surface area contributed by atoms with Gasteiger partial charge < -0.3 is 0 Å². The zero-order valence-corrected chi connectivity index (χ0v) is 21.0. The molecule has 0 bridgehead atoms. The Kier molecular flexibility index (Phi) is 8.97. The summed E-state index contributed by atoms with van der Waals surface area (Å²) < 4.78 is 0. The van der Waals surface area contributed by atoms with Crippen molar-refractivity contribution in [2.75, 3.05) is 0 Å². The van der Waals surface area contributed by atoms with Gasteiger partial charge in [0.25, 0.3) is 0 Å². The highest BCUT2D eigenvalue weighted by Crippen LogP contribution is 2.37. The van der Waals surface area contributed by atoms with Gasteiger partial charge in [0.05, 0.1) is 0 Å². The average Bonchev–Trinajstić information content (AvgIpc) is 2.90. The Hall–Kier alpha value is -2.86. The van der Waals surface area contributed by atoms with Crippen LogP contribution in [0.2, 0.25) is 0 Å². The monoisotopic (exact) mass is 448 g/mol. The molecule has 0 heterocycles. The van der Waals surface area contributed by atoms with E-state index in [0.29, 0.717) is 5.92 Å². The second-order valence-corrected chi connectivity index (χ2v) is 10.1. The topological polar surface area (TPSA) is 0 Å². The first-order valence-electron chi connectivity index (χ1n) is 13.2. The molecule has 0 saturated heterocycles. The molecule has 0 radical (unpaired) electrons. The summed E-state index contributed by atoms with van der Waals surface area (Å²) in [5, 5.41) is 0. The van der Waals surface area contributed by atoms with Gasteiger partial charge in [-0.05, 0) is 97.4 Å². The molecule has 1 aliphatic rings. The summed E-state index contributed by atoms with van der Waals surface area (Å²) >= 11 is 0. The molecular formula is C34H40. The number of hydrogen-bond donors (Lipinski definition) is 0. The van der Waals surface area contributed by atoms with E-state index in [1.807, 2.05) is 0 Å². The second kappa shape index (κ2) is 12.6. The number of benzene rings is 3. The summed E-state index contributed by atoms with van der Waals surface area (Å²) in [6.45, 7) is 4.43. The van der Waals surface area contributed by atoms with Crippen molar-refractivity contribution in [3.63, 3.8) is 0 Å². The van der Waals surface area contributed by atoms with Crippen LogP contribution in [0.5, 0.6) is 0 Å². The summed E-state index contributed by atoms with van der Waals surface area (Å²) in [6, 6.07) is 29.1. The first-order chi connectivity index (χ1) is 16.7. The molecule has 0 aromatic heterocycles. The van der Waals surface area contributed by atoms with Crippen LogP contribution in [0.4, 0.5) is 0 Å². The Bertz CT molecular complexity index is 1030. The zero-order valence-electron chi connectivity index (χ0n) is 21.0. The van der Waals surface area contributed by atoms with E-state index in [9.17, 15) is 0 Å². The van der Waals surface area contributed by atoms with E-state index in [1.165, 1.54) is 66.3 Å². The molecule has 0 nitrogen and oxygen atoms in total. The maximum Gasteiger partial charge on any atom is -0.0150 e. The summed E-state index contributed by atoms with van der Waals surface area (Å²) in [4.78, 5) is 0. The molecule has 3 aromatic rings. The quantitative estimate of drug-likeness (QED) is 0.226. The Morgan fingerprint density at radius 1 is 0.765 bits per heavy atom. The molecule has 3 aromatic carbocycles. The summed E-state index contributed by atoms with van der Waals surface area (Å²) in [5.74, 6) is 2.22. The molecule has 0 heteroatoms. The number of rotatable bonds is 9. The Balaban J connectivity index is 1.27. The minimum absolute atomic E-state index is 0.536. The SMILES string of the molecule is CC=CCCC1CCC(c2ccc(C=Cc3ccc(C[C@H](C)c4ccccc4)cc3)cc2)CC1. The molecule has 4 rings (SSSR count). The molecular weight excluding hydrogens is 408 g/mol. The minimum atomic E-state index is 0.536. The number of allylic oxidation sites excluding steroid dienone is 2. The lowest BCUT2D eigenvalue weighted by Gasteiger charge is -2.28.